The highest BCUT2D eigenvalue weighted by molar-refractivity contribution is 5.14. The van der Waals surface area contributed by atoms with Crippen molar-refractivity contribution < 1.29 is 14.2 Å². The molecular weight excluding hydrogens is 288 g/mol. The van der Waals surface area contributed by atoms with E-state index in [2.05, 4.69) is 31.2 Å². The van der Waals surface area contributed by atoms with Crippen molar-refractivity contribution in [1.82, 2.24) is 0 Å². The molecule has 3 rings (SSSR count). The first-order valence-corrected chi connectivity index (χ1v) is 8.24. The van der Waals surface area contributed by atoms with E-state index < -0.39 is 0 Å². The van der Waals surface area contributed by atoms with E-state index in [9.17, 15) is 0 Å². The summed E-state index contributed by atoms with van der Waals surface area (Å²) in [5, 5.41) is 0. The van der Waals surface area contributed by atoms with Gasteiger partial charge < -0.3 is 14.2 Å². The molecule has 0 radical (unpaired) electrons. The first kappa shape index (κ1) is 16.2. The highest BCUT2D eigenvalue weighted by Gasteiger charge is 2.33. The Balaban J connectivity index is 1.47. The average molecular weight is 312 g/mol. The van der Waals surface area contributed by atoms with Crippen LogP contribution in [0.25, 0.3) is 0 Å². The van der Waals surface area contributed by atoms with E-state index in [4.69, 9.17) is 14.2 Å². The molecule has 1 fully saturated rings. The summed E-state index contributed by atoms with van der Waals surface area (Å²) >= 11 is 0. The second-order valence-electron chi connectivity index (χ2n) is 6.06. The van der Waals surface area contributed by atoms with Crippen LogP contribution in [-0.4, -0.2) is 24.9 Å². The summed E-state index contributed by atoms with van der Waals surface area (Å²) in [6.45, 7) is 3.89. The minimum absolute atomic E-state index is 0.0115. The molecule has 1 aliphatic heterocycles. The van der Waals surface area contributed by atoms with Crippen molar-refractivity contribution in [2.45, 2.75) is 44.9 Å². The third-order valence-electron chi connectivity index (χ3n) is 4.09. The number of hydrogen-bond acceptors (Lipinski definition) is 3. The van der Waals surface area contributed by atoms with Gasteiger partial charge in [0.1, 0.15) is 6.10 Å². The molecule has 1 unspecified atom stereocenters. The standard InChI is InChI=1S/C20H24O3/c1-16-12-19(22-14-18-10-6-3-7-11-18)20(23-16)15-21-13-17-8-4-2-5-9-17/h2-11,16,19-20H,12-15H2,1H3/t16-,19?,20+/m0/s1. The van der Waals surface area contributed by atoms with Crippen molar-refractivity contribution in [3.63, 3.8) is 0 Å². The smallest absolute Gasteiger partial charge is 0.107 e. The van der Waals surface area contributed by atoms with Crippen LogP contribution in [0.4, 0.5) is 0 Å². The Hall–Kier alpha value is -1.68. The highest BCUT2D eigenvalue weighted by Crippen LogP contribution is 2.24. The molecule has 0 aliphatic carbocycles. The van der Waals surface area contributed by atoms with Gasteiger partial charge in [0.25, 0.3) is 0 Å². The van der Waals surface area contributed by atoms with Gasteiger partial charge in [0.15, 0.2) is 0 Å². The molecule has 3 heteroatoms. The molecule has 0 bridgehead atoms. The molecule has 0 spiro atoms. The van der Waals surface area contributed by atoms with E-state index >= 15 is 0 Å². The second kappa shape index (κ2) is 8.25. The van der Waals surface area contributed by atoms with Gasteiger partial charge >= 0.3 is 0 Å². The largest absolute Gasteiger partial charge is 0.374 e. The second-order valence-corrected chi connectivity index (χ2v) is 6.06. The zero-order valence-electron chi connectivity index (χ0n) is 13.6. The Morgan fingerprint density at radius 1 is 0.913 bits per heavy atom. The number of hydrogen-bond donors (Lipinski definition) is 0. The lowest BCUT2D eigenvalue weighted by molar-refractivity contribution is -0.0688. The van der Waals surface area contributed by atoms with E-state index in [-0.39, 0.29) is 18.3 Å². The highest BCUT2D eigenvalue weighted by atomic mass is 16.6. The maximum absolute atomic E-state index is 6.07. The summed E-state index contributed by atoms with van der Waals surface area (Å²) in [5.74, 6) is 0. The molecule has 2 aromatic carbocycles. The van der Waals surface area contributed by atoms with Gasteiger partial charge in [-0.25, -0.2) is 0 Å². The SMILES string of the molecule is C[C@H]1CC(OCc2ccccc2)[C@@H](COCc2ccccc2)O1. The third-order valence-corrected chi connectivity index (χ3v) is 4.09. The van der Waals surface area contributed by atoms with Gasteiger partial charge in [-0.15, -0.1) is 0 Å². The Labute approximate surface area is 138 Å². The van der Waals surface area contributed by atoms with Gasteiger partial charge in [-0.05, 0) is 18.1 Å². The van der Waals surface area contributed by atoms with Crippen molar-refractivity contribution in [2.24, 2.45) is 0 Å². The zero-order chi connectivity index (χ0) is 15.9. The lowest BCUT2D eigenvalue weighted by Crippen LogP contribution is -2.29. The zero-order valence-corrected chi connectivity index (χ0v) is 13.6. The maximum atomic E-state index is 6.07. The van der Waals surface area contributed by atoms with Gasteiger partial charge in [-0.1, -0.05) is 60.7 Å². The van der Waals surface area contributed by atoms with Crippen LogP contribution in [0, 0.1) is 0 Å². The average Bonchev–Trinajstić information content (AvgIpc) is 2.95. The minimum atomic E-state index is 0.0115. The quantitative estimate of drug-likeness (QED) is 0.774. The van der Waals surface area contributed by atoms with E-state index in [1.807, 2.05) is 36.4 Å². The van der Waals surface area contributed by atoms with E-state index in [1.54, 1.807) is 0 Å². The molecular formula is C20H24O3. The normalized spacial score (nSPS) is 24.0. The van der Waals surface area contributed by atoms with E-state index in [0.717, 1.165) is 6.42 Å². The molecule has 23 heavy (non-hydrogen) atoms. The van der Waals surface area contributed by atoms with Crippen molar-refractivity contribution in [3.05, 3.63) is 71.8 Å². The van der Waals surface area contributed by atoms with Crippen molar-refractivity contribution in [3.8, 4) is 0 Å². The van der Waals surface area contributed by atoms with Crippen LogP contribution in [0.15, 0.2) is 60.7 Å². The number of ether oxygens (including phenoxy) is 3. The molecule has 0 saturated carbocycles. The summed E-state index contributed by atoms with van der Waals surface area (Å²) in [6.07, 6.45) is 1.26. The predicted octanol–water partition coefficient (Wildman–Crippen LogP) is 3.97. The fourth-order valence-corrected chi connectivity index (χ4v) is 2.89. The van der Waals surface area contributed by atoms with Gasteiger partial charge in [0, 0.05) is 6.42 Å². The summed E-state index contributed by atoms with van der Waals surface area (Å²) in [7, 11) is 0. The molecule has 0 amide bonds. The molecule has 122 valence electrons. The maximum Gasteiger partial charge on any atom is 0.107 e. The van der Waals surface area contributed by atoms with Gasteiger partial charge in [-0.3, -0.25) is 0 Å². The van der Waals surface area contributed by atoms with Crippen molar-refractivity contribution in [2.75, 3.05) is 6.61 Å². The lowest BCUT2D eigenvalue weighted by atomic mass is 10.1. The van der Waals surface area contributed by atoms with Crippen molar-refractivity contribution >= 4 is 0 Å². The summed E-state index contributed by atoms with van der Waals surface area (Å²) in [6, 6.07) is 20.5. The summed E-state index contributed by atoms with van der Waals surface area (Å²) < 4.78 is 17.8. The first-order chi connectivity index (χ1) is 11.3. The van der Waals surface area contributed by atoms with E-state index in [1.165, 1.54) is 11.1 Å². The van der Waals surface area contributed by atoms with Gasteiger partial charge in [0.2, 0.25) is 0 Å². The van der Waals surface area contributed by atoms with Crippen molar-refractivity contribution in [1.29, 1.82) is 0 Å². The topological polar surface area (TPSA) is 27.7 Å². The molecule has 1 saturated heterocycles. The molecule has 3 atom stereocenters. The fourth-order valence-electron chi connectivity index (χ4n) is 2.89. The Kier molecular flexibility index (Phi) is 5.81. The summed E-state index contributed by atoms with van der Waals surface area (Å²) in [5.41, 5.74) is 2.37. The first-order valence-electron chi connectivity index (χ1n) is 8.24. The summed E-state index contributed by atoms with van der Waals surface area (Å²) in [4.78, 5) is 0. The molecule has 0 aromatic heterocycles. The van der Waals surface area contributed by atoms with Crippen LogP contribution in [-0.2, 0) is 27.4 Å². The van der Waals surface area contributed by atoms with Gasteiger partial charge in [0.05, 0.1) is 32.0 Å². The minimum Gasteiger partial charge on any atom is -0.374 e. The molecule has 2 aromatic rings. The monoisotopic (exact) mass is 312 g/mol. The predicted molar refractivity (Wildman–Crippen MR) is 90.1 cm³/mol. The van der Waals surface area contributed by atoms with Crippen LogP contribution >= 0.6 is 0 Å². The van der Waals surface area contributed by atoms with Crippen LogP contribution in [0.3, 0.4) is 0 Å². The Morgan fingerprint density at radius 3 is 2.17 bits per heavy atom. The van der Waals surface area contributed by atoms with E-state index in [0.29, 0.717) is 19.8 Å². The lowest BCUT2D eigenvalue weighted by Gasteiger charge is -2.19. The van der Waals surface area contributed by atoms with Crippen LogP contribution in [0.2, 0.25) is 0 Å². The van der Waals surface area contributed by atoms with Crippen LogP contribution < -0.4 is 0 Å². The van der Waals surface area contributed by atoms with Gasteiger partial charge in [-0.2, -0.15) is 0 Å². The molecule has 1 aliphatic rings. The Morgan fingerprint density at radius 2 is 1.52 bits per heavy atom. The number of benzene rings is 2. The third kappa shape index (κ3) is 4.90. The Bertz CT molecular complexity index is 570. The van der Waals surface area contributed by atoms with Crippen LogP contribution in [0.5, 0.6) is 0 Å². The molecule has 0 N–H and O–H groups in total. The molecule has 1 heterocycles. The fraction of sp³-hybridized carbons (Fsp3) is 0.400. The van der Waals surface area contributed by atoms with Crippen LogP contribution in [0.1, 0.15) is 24.5 Å². The number of rotatable bonds is 7. The molecule has 3 nitrogen and oxygen atoms in total.